The molecule has 1 atom stereocenters. The molecule has 0 amide bonds. The molecule has 1 N–H and O–H groups in total. The number of aryl methyl sites for hydroxylation is 1. The van der Waals surface area contributed by atoms with Crippen molar-refractivity contribution in [3.05, 3.63) is 12.4 Å². The van der Waals surface area contributed by atoms with Crippen molar-refractivity contribution in [3.8, 4) is 0 Å². The van der Waals surface area contributed by atoms with E-state index in [4.69, 9.17) is 5.11 Å². The number of rotatable bonds is 9. The third kappa shape index (κ3) is 4.29. The number of hydrogen-bond acceptors (Lipinski definition) is 4. The molecule has 0 aliphatic carbocycles. The Morgan fingerprint density at radius 2 is 2.15 bits per heavy atom. The van der Waals surface area contributed by atoms with Gasteiger partial charge in [0.25, 0.3) is 0 Å². The Morgan fingerprint density at radius 1 is 1.45 bits per heavy atom. The van der Waals surface area contributed by atoms with E-state index in [-0.39, 0.29) is 11.5 Å². The molecule has 1 aromatic heterocycles. The van der Waals surface area contributed by atoms with E-state index in [9.17, 15) is 8.42 Å². The van der Waals surface area contributed by atoms with Gasteiger partial charge in [0.15, 0.2) is 0 Å². The van der Waals surface area contributed by atoms with Gasteiger partial charge >= 0.3 is 0 Å². The van der Waals surface area contributed by atoms with E-state index < -0.39 is 10.0 Å². The van der Waals surface area contributed by atoms with Crippen LogP contribution in [0, 0.1) is 5.92 Å². The topological polar surface area (TPSA) is 75.4 Å². The maximum absolute atomic E-state index is 12.5. The first-order valence-corrected chi connectivity index (χ1v) is 8.53. The summed E-state index contributed by atoms with van der Waals surface area (Å²) in [4.78, 5) is 0.223. The van der Waals surface area contributed by atoms with Gasteiger partial charge in [-0.1, -0.05) is 27.2 Å². The molecule has 0 bridgehead atoms. The molecule has 0 aliphatic heterocycles. The second kappa shape index (κ2) is 7.75. The predicted molar refractivity (Wildman–Crippen MR) is 77.8 cm³/mol. The summed E-state index contributed by atoms with van der Waals surface area (Å²) < 4.78 is 28.1. The zero-order chi connectivity index (χ0) is 15.2. The monoisotopic (exact) mass is 303 g/mol. The van der Waals surface area contributed by atoms with Crippen LogP contribution in [-0.2, 0) is 16.6 Å². The van der Waals surface area contributed by atoms with Gasteiger partial charge in [-0.2, -0.15) is 9.40 Å². The molecule has 0 spiro atoms. The number of nitrogens with zero attached hydrogens (tertiary/aromatic N) is 3. The Kier molecular flexibility index (Phi) is 6.64. The van der Waals surface area contributed by atoms with Crippen molar-refractivity contribution in [3.63, 3.8) is 0 Å². The van der Waals surface area contributed by atoms with E-state index in [2.05, 4.69) is 12.0 Å². The Morgan fingerprint density at radius 3 is 2.70 bits per heavy atom. The third-order valence-electron chi connectivity index (χ3n) is 3.36. The van der Waals surface area contributed by atoms with E-state index in [1.165, 1.54) is 16.7 Å². The number of aromatic nitrogens is 2. The second-order valence-corrected chi connectivity index (χ2v) is 6.92. The highest BCUT2D eigenvalue weighted by Crippen LogP contribution is 2.17. The molecule has 1 unspecified atom stereocenters. The van der Waals surface area contributed by atoms with Gasteiger partial charge in [-0.3, -0.25) is 4.68 Å². The molecule has 7 heteroatoms. The highest BCUT2D eigenvalue weighted by Gasteiger charge is 2.25. The number of aliphatic hydroxyl groups excluding tert-OH is 1. The van der Waals surface area contributed by atoms with E-state index in [0.29, 0.717) is 32.0 Å². The van der Waals surface area contributed by atoms with Crippen molar-refractivity contribution in [1.29, 1.82) is 0 Å². The smallest absolute Gasteiger partial charge is 0.246 e. The highest BCUT2D eigenvalue weighted by atomic mass is 32.2. The first-order chi connectivity index (χ1) is 9.45. The lowest BCUT2D eigenvalue weighted by Crippen LogP contribution is -2.34. The van der Waals surface area contributed by atoms with Crippen LogP contribution in [-0.4, -0.2) is 47.3 Å². The molecule has 0 aliphatic rings. The average molecular weight is 303 g/mol. The quantitative estimate of drug-likeness (QED) is 0.746. The van der Waals surface area contributed by atoms with Gasteiger partial charge in [-0.05, 0) is 12.3 Å². The minimum absolute atomic E-state index is 0.0665. The lowest BCUT2D eigenvalue weighted by atomic mass is 10.1. The normalized spacial score (nSPS) is 13.8. The molecule has 0 radical (unpaired) electrons. The van der Waals surface area contributed by atoms with Crippen molar-refractivity contribution < 1.29 is 13.5 Å². The molecular formula is C13H25N3O3S. The zero-order valence-corrected chi connectivity index (χ0v) is 13.3. The fourth-order valence-corrected chi connectivity index (χ4v) is 3.38. The van der Waals surface area contributed by atoms with Crippen LogP contribution in [0.15, 0.2) is 17.3 Å². The summed E-state index contributed by atoms with van der Waals surface area (Å²) in [5.41, 5.74) is 0. The highest BCUT2D eigenvalue weighted by molar-refractivity contribution is 7.89. The number of sulfonamides is 1. The molecule has 0 saturated carbocycles. The van der Waals surface area contributed by atoms with E-state index in [1.54, 1.807) is 4.68 Å². The van der Waals surface area contributed by atoms with Gasteiger partial charge in [-0.15, -0.1) is 0 Å². The maximum atomic E-state index is 12.5. The molecule has 1 heterocycles. The van der Waals surface area contributed by atoms with Crippen LogP contribution in [0.1, 0.15) is 33.6 Å². The van der Waals surface area contributed by atoms with Crippen molar-refractivity contribution >= 4 is 10.0 Å². The fraction of sp³-hybridized carbons (Fsp3) is 0.769. The van der Waals surface area contributed by atoms with Gasteiger partial charge in [-0.25, -0.2) is 8.42 Å². The van der Waals surface area contributed by atoms with Gasteiger partial charge in [0.05, 0.1) is 6.20 Å². The molecule has 1 aromatic rings. The molecule has 116 valence electrons. The lowest BCUT2D eigenvalue weighted by Gasteiger charge is -2.22. The average Bonchev–Trinajstić information content (AvgIpc) is 2.91. The van der Waals surface area contributed by atoms with Gasteiger partial charge in [0, 0.05) is 32.4 Å². The van der Waals surface area contributed by atoms with Crippen LogP contribution < -0.4 is 0 Å². The van der Waals surface area contributed by atoms with Crippen LogP contribution in [0.4, 0.5) is 0 Å². The number of aliphatic hydroxyl groups is 1. The Labute approximate surface area is 121 Å². The van der Waals surface area contributed by atoms with Gasteiger partial charge in [0.1, 0.15) is 4.90 Å². The predicted octanol–water partition coefficient (Wildman–Crippen LogP) is 1.32. The van der Waals surface area contributed by atoms with Gasteiger partial charge < -0.3 is 5.11 Å². The SMILES string of the molecule is CCC(C)CN(CC)S(=O)(=O)c1cnn(CCCO)c1. The van der Waals surface area contributed by atoms with Crippen LogP contribution >= 0.6 is 0 Å². The Hall–Kier alpha value is -0.920. The molecule has 1 rings (SSSR count). The molecular weight excluding hydrogens is 278 g/mol. The summed E-state index contributed by atoms with van der Waals surface area (Å²) in [6, 6.07) is 0. The zero-order valence-electron chi connectivity index (χ0n) is 12.5. The summed E-state index contributed by atoms with van der Waals surface area (Å²) in [6.45, 7) is 7.50. The maximum Gasteiger partial charge on any atom is 0.246 e. The molecule has 20 heavy (non-hydrogen) atoms. The van der Waals surface area contributed by atoms with Gasteiger partial charge in [0.2, 0.25) is 10.0 Å². The minimum atomic E-state index is -3.47. The molecule has 6 nitrogen and oxygen atoms in total. The van der Waals surface area contributed by atoms with Crippen molar-refractivity contribution in [1.82, 2.24) is 14.1 Å². The standard InChI is InChI=1S/C13H25N3O3S/c1-4-12(3)10-16(5-2)20(18,19)13-9-14-15(11-13)7-6-8-17/h9,11-12,17H,4-8,10H2,1-3H3. The van der Waals surface area contributed by atoms with Crippen molar-refractivity contribution in [2.75, 3.05) is 19.7 Å². The summed E-state index contributed by atoms with van der Waals surface area (Å²) in [5.74, 6) is 0.328. The summed E-state index contributed by atoms with van der Waals surface area (Å²) >= 11 is 0. The van der Waals surface area contributed by atoms with E-state index in [1.807, 2.05) is 13.8 Å². The Bertz CT molecular complexity index is 499. The summed E-state index contributed by atoms with van der Waals surface area (Å²) in [7, 11) is -3.47. The minimum Gasteiger partial charge on any atom is -0.396 e. The first kappa shape index (κ1) is 17.1. The lowest BCUT2D eigenvalue weighted by molar-refractivity contribution is 0.277. The molecule has 0 aromatic carbocycles. The van der Waals surface area contributed by atoms with Crippen LogP contribution in [0.5, 0.6) is 0 Å². The third-order valence-corrected chi connectivity index (χ3v) is 5.25. The number of hydrogen-bond donors (Lipinski definition) is 1. The van der Waals surface area contributed by atoms with Crippen molar-refractivity contribution in [2.24, 2.45) is 5.92 Å². The second-order valence-electron chi connectivity index (χ2n) is 4.99. The molecule has 0 saturated heterocycles. The van der Waals surface area contributed by atoms with Crippen molar-refractivity contribution in [2.45, 2.75) is 45.1 Å². The summed E-state index contributed by atoms with van der Waals surface area (Å²) in [5, 5.41) is 12.8. The molecule has 0 fully saturated rings. The largest absolute Gasteiger partial charge is 0.396 e. The van der Waals surface area contributed by atoms with E-state index >= 15 is 0 Å². The van der Waals surface area contributed by atoms with Crippen LogP contribution in [0.2, 0.25) is 0 Å². The fourth-order valence-electron chi connectivity index (χ4n) is 1.86. The Balaban J connectivity index is 2.87. The van der Waals surface area contributed by atoms with Crippen LogP contribution in [0.25, 0.3) is 0 Å². The summed E-state index contributed by atoms with van der Waals surface area (Å²) in [6.07, 6.45) is 4.42. The first-order valence-electron chi connectivity index (χ1n) is 7.09. The van der Waals surface area contributed by atoms with E-state index in [0.717, 1.165) is 6.42 Å². The van der Waals surface area contributed by atoms with Crippen LogP contribution in [0.3, 0.4) is 0 Å².